The van der Waals surface area contributed by atoms with Gasteiger partial charge in [0, 0.05) is 12.6 Å². The highest BCUT2D eigenvalue weighted by molar-refractivity contribution is 5.95. The minimum atomic E-state index is -0.402. The SMILES string of the molecule is CCc1n[nH]c(=O)c(C(=O)NC2CCCNC2)c1CC. The lowest BCUT2D eigenvalue weighted by molar-refractivity contribution is 0.0927. The maximum atomic E-state index is 12.4. The maximum absolute atomic E-state index is 12.4. The van der Waals surface area contributed by atoms with Gasteiger partial charge in [0.05, 0.1) is 5.69 Å². The first kappa shape index (κ1) is 14.7. The summed E-state index contributed by atoms with van der Waals surface area (Å²) in [6.45, 7) is 5.65. The number of carbonyl (C=O) groups is 1. The van der Waals surface area contributed by atoms with Gasteiger partial charge in [-0.05, 0) is 37.8 Å². The smallest absolute Gasteiger partial charge is 0.277 e. The molecule has 0 aromatic carbocycles. The molecule has 1 amide bonds. The van der Waals surface area contributed by atoms with Crippen molar-refractivity contribution in [3.63, 3.8) is 0 Å². The first-order valence-electron chi connectivity index (χ1n) is 7.29. The molecule has 1 aliphatic rings. The van der Waals surface area contributed by atoms with Gasteiger partial charge < -0.3 is 10.6 Å². The van der Waals surface area contributed by atoms with Crippen LogP contribution in [-0.2, 0) is 12.8 Å². The van der Waals surface area contributed by atoms with Gasteiger partial charge in [-0.25, -0.2) is 5.10 Å². The Labute approximate surface area is 118 Å². The molecule has 1 aromatic heterocycles. The summed E-state index contributed by atoms with van der Waals surface area (Å²) in [5, 5.41) is 12.7. The largest absolute Gasteiger partial charge is 0.348 e. The Balaban J connectivity index is 2.26. The standard InChI is InChI=1S/C14H22N4O2/c1-3-10-11(4-2)17-18-14(20)12(10)13(19)16-9-6-5-7-15-8-9/h9,15H,3-8H2,1-2H3,(H,16,19)(H,18,20). The Morgan fingerprint density at radius 3 is 2.80 bits per heavy atom. The molecule has 0 saturated carbocycles. The number of nitrogens with one attached hydrogen (secondary N) is 3. The van der Waals surface area contributed by atoms with Crippen molar-refractivity contribution in [3.8, 4) is 0 Å². The van der Waals surface area contributed by atoms with Gasteiger partial charge in [-0.1, -0.05) is 13.8 Å². The predicted molar refractivity (Wildman–Crippen MR) is 77.0 cm³/mol. The number of H-pyrrole nitrogens is 1. The van der Waals surface area contributed by atoms with E-state index in [0.717, 1.165) is 37.2 Å². The van der Waals surface area contributed by atoms with Crippen molar-refractivity contribution in [2.24, 2.45) is 0 Å². The van der Waals surface area contributed by atoms with Crippen LogP contribution in [0.5, 0.6) is 0 Å². The normalized spacial score (nSPS) is 18.8. The quantitative estimate of drug-likeness (QED) is 0.743. The molecule has 1 aliphatic heterocycles. The molecule has 2 heterocycles. The third-order valence-electron chi connectivity index (χ3n) is 3.72. The third-order valence-corrected chi connectivity index (χ3v) is 3.72. The molecule has 3 N–H and O–H groups in total. The van der Waals surface area contributed by atoms with Gasteiger partial charge >= 0.3 is 0 Å². The Hall–Kier alpha value is -1.69. The third kappa shape index (κ3) is 3.07. The van der Waals surface area contributed by atoms with Crippen LogP contribution in [0.4, 0.5) is 0 Å². The minimum Gasteiger partial charge on any atom is -0.348 e. The molecule has 0 bridgehead atoms. The van der Waals surface area contributed by atoms with E-state index in [1.165, 1.54) is 0 Å². The van der Waals surface area contributed by atoms with Gasteiger partial charge in [0.15, 0.2) is 0 Å². The molecule has 0 radical (unpaired) electrons. The second kappa shape index (κ2) is 6.65. The van der Waals surface area contributed by atoms with E-state index in [9.17, 15) is 9.59 Å². The summed E-state index contributed by atoms with van der Waals surface area (Å²) in [6.07, 6.45) is 3.32. The van der Waals surface area contributed by atoms with E-state index in [2.05, 4.69) is 20.8 Å². The Morgan fingerprint density at radius 1 is 1.40 bits per heavy atom. The van der Waals surface area contributed by atoms with E-state index in [1.807, 2.05) is 13.8 Å². The van der Waals surface area contributed by atoms with Gasteiger partial charge in [0.25, 0.3) is 11.5 Å². The molecule has 110 valence electrons. The van der Waals surface area contributed by atoms with Gasteiger partial charge in [0.1, 0.15) is 5.56 Å². The van der Waals surface area contributed by atoms with E-state index in [0.29, 0.717) is 12.8 Å². The number of hydrogen-bond donors (Lipinski definition) is 3. The Kier molecular flexibility index (Phi) is 4.89. The average Bonchev–Trinajstić information content (AvgIpc) is 2.47. The van der Waals surface area contributed by atoms with E-state index >= 15 is 0 Å². The molecule has 6 nitrogen and oxygen atoms in total. The van der Waals surface area contributed by atoms with E-state index in [4.69, 9.17) is 0 Å². The first-order chi connectivity index (χ1) is 9.67. The molecular weight excluding hydrogens is 256 g/mol. The molecule has 2 rings (SSSR count). The number of hydrogen-bond acceptors (Lipinski definition) is 4. The maximum Gasteiger partial charge on any atom is 0.277 e. The second-order valence-electron chi connectivity index (χ2n) is 5.08. The topological polar surface area (TPSA) is 86.9 Å². The van der Waals surface area contributed by atoms with Gasteiger partial charge in [-0.3, -0.25) is 9.59 Å². The Morgan fingerprint density at radius 2 is 2.20 bits per heavy atom. The summed E-state index contributed by atoms with van der Waals surface area (Å²) >= 11 is 0. The van der Waals surface area contributed by atoms with Crippen LogP contribution >= 0.6 is 0 Å². The lowest BCUT2D eigenvalue weighted by Crippen LogP contribution is -2.47. The molecule has 1 atom stereocenters. The van der Waals surface area contributed by atoms with Crippen molar-refractivity contribution in [2.45, 2.75) is 45.6 Å². The van der Waals surface area contributed by atoms with Crippen LogP contribution in [0.2, 0.25) is 0 Å². The van der Waals surface area contributed by atoms with Crippen LogP contribution in [-0.4, -0.2) is 35.2 Å². The molecule has 0 aliphatic carbocycles. The van der Waals surface area contributed by atoms with Crippen LogP contribution in [0.1, 0.15) is 48.3 Å². The minimum absolute atomic E-state index is 0.0959. The number of amides is 1. The molecule has 20 heavy (non-hydrogen) atoms. The van der Waals surface area contributed by atoms with Crippen LogP contribution in [0.15, 0.2) is 4.79 Å². The van der Waals surface area contributed by atoms with Crippen molar-refractivity contribution in [2.75, 3.05) is 13.1 Å². The van der Waals surface area contributed by atoms with E-state index in [1.54, 1.807) is 0 Å². The number of aryl methyl sites for hydroxylation is 1. The van der Waals surface area contributed by atoms with Gasteiger partial charge in [0.2, 0.25) is 0 Å². The fraction of sp³-hybridized carbons (Fsp3) is 0.643. The van der Waals surface area contributed by atoms with Gasteiger partial charge in [-0.2, -0.15) is 5.10 Å². The zero-order valence-corrected chi connectivity index (χ0v) is 12.1. The summed E-state index contributed by atoms with van der Waals surface area (Å²) in [7, 11) is 0. The van der Waals surface area contributed by atoms with Crippen molar-refractivity contribution in [1.29, 1.82) is 0 Å². The van der Waals surface area contributed by atoms with E-state index < -0.39 is 5.56 Å². The second-order valence-corrected chi connectivity index (χ2v) is 5.08. The van der Waals surface area contributed by atoms with Crippen LogP contribution in [0.25, 0.3) is 0 Å². The molecular formula is C14H22N4O2. The Bertz CT molecular complexity index is 532. The molecule has 6 heteroatoms. The molecule has 1 aromatic rings. The lowest BCUT2D eigenvalue weighted by Gasteiger charge is -2.24. The monoisotopic (exact) mass is 278 g/mol. The highest BCUT2D eigenvalue weighted by Gasteiger charge is 2.22. The summed E-state index contributed by atoms with van der Waals surface area (Å²) < 4.78 is 0. The summed E-state index contributed by atoms with van der Waals surface area (Å²) in [6, 6.07) is 0.0959. The highest BCUT2D eigenvalue weighted by Crippen LogP contribution is 2.11. The molecule has 1 fully saturated rings. The highest BCUT2D eigenvalue weighted by atomic mass is 16.2. The van der Waals surface area contributed by atoms with Crippen molar-refractivity contribution in [3.05, 3.63) is 27.2 Å². The number of rotatable bonds is 4. The first-order valence-corrected chi connectivity index (χ1v) is 7.29. The fourth-order valence-corrected chi connectivity index (χ4v) is 2.67. The zero-order valence-electron chi connectivity index (χ0n) is 12.1. The van der Waals surface area contributed by atoms with Gasteiger partial charge in [-0.15, -0.1) is 0 Å². The summed E-state index contributed by atoms with van der Waals surface area (Å²) in [5.74, 6) is -0.283. The van der Waals surface area contributed by atoms with Crippen LogP contribution in [0, 0.1) is 0 Å². The number of piperidine rings is 1. The number of aromatic amines is 1. The summed E-state index contributed by atoms with van der Waals surface area (Å²) in [4.78, 5) is 24.4. The molecule has 0 spiro atoms. The molecule has 1 saturated heterocycles. The van der Waals surface area contributed by atoms with Crippen molar-refractivity contribution >= 4 is 5.91 Å². The average molecular weight is 278 g/mol. The van der Waals surface area contributed by atoms with Crippen LogP contribution < -0.4 is 16.2 Å². The van der Waals surface area contributed by atoms with Crippen LogP contribution in [0.3, 0.4) is 0 Å². The van der Waals surface area contributed by atoms with E-state index in [-0.39, 0.29) is 17.5 Å². The number of carbonyl (C=O) groups excluding carboxylic acids is 1. The molecule has 1 unspecified atom stereocenters. The lowest BCUT2D eigenvalue weighted by atomic mass is 10.0. The summed E-state index contributed by atoms with van der Waals surface area (Å²) in [5.41, 5.74) is 1.38. The number of aromatic nitrogens is 2. The predicted octanol–water partition coefficient (Wildman–Crippen LogP) is 0.377. The fourth-order valence-electron chi connectivity index (χ4n) is 2.67. The number of nitrogens with zero attached hydrogens (tertiary/aromatic N) is 1. The zero-order chi connectivity index (χ0) is 14.5. The van der Waals surface area contributed by atoms with Crippen molar-refractivity contribution in [1.82, 2.24) is 20.8 Å². The van der Waals surface area contributed by atoms with Crippen molar-refractivity contribution < 1.29 is 4.79 Å².